The second-order valence-corrected chi connectivity index (χ2v) is 4.83. The maximum atomic E-state index is 5.75. The zero-order chi connectivity index (χ0) is 10.0. The van der Waals surface area contributed by atoms with E-state index in [-0.39, 0.29) is 5.79 Å². The van der Waals surface area contributed by atoms with E-state index in [0.717, 1.165) is 38.5 Å². The van der Waals surface area contributed by atoms with Crippen LogP contribution in [0.4, 0.5) is 0 Å². The van der Waals surface area contributed by atoms with Gasteiger partial charge in [-0.3, -0.25) is 0 Å². The van der Waals surface area contributed by atoms with Crippen molar-refractivity contribution in [1.29, 1.82) is 0 Å². The lowest BCUT2D eigenvalue weighted by molar-refractivity contribution is -0.187. The van der Waals surface area contributed by atoms with E-state index in [2.05, 4.69) is 19.0 Å². The Labute approximate surface area is 86.4 Å². The molecule has 0 aromatic carbocycles. The van der Waals surface area contributed by atoms with E-state index in [0.29, 0.717) is 0 Å². The van der Waals surface area contributed by atoms with Gasteiger partial charge < -0.3 is 14.4 Å². The molecule has 0 aromatic rings. The third-order valence-corrected chi connectivity index (χ3v) is 3.21. The fourth-order valence-electron chi connectivity index (χ4n) is 2.74. The van der Waals surface area contributed by atoms with Gasteiger partial charge >= 0.3 is 0 Å². The van der Waals surface area contributed by atoms with Crippen LogP contribution in [0.25, 0.3) is 0 Å². The van der Waals surface area contributed by atoms with Gasteiger partial charge in [-0.2, -0.15) is 0 Å². The van der Waals surface area contributed by atoms with Gasteiger partial charge in [-0.1, -0.05) is 0 Å². The van der Waals surface area contributed by atoms with Gasteiger partial charge in [0, 0.05) is 19.4 Å². The maximum Gasteiger partial charge on any atom is 0.168 e. The number of nitrogens with zero attached hydrogens (tertiary/aromatic N) is 1. The highest BCUT2D eigenvalue weighted by molar-refractivity contribution is 4.84. The van der Waals surface area contributed by atoms with Crippen molar-refractivity contribution >= 4 is 0 Å². The van der Waals surface area contributed by atoms with Crippen LogP contribution >= 0.6 is 0 Å². The van der Waals surface area contributed by atoms with Gasteiger partial charge in [-0.25, -0.2) is 0 Å². The summed E-state index contributed by atoms with van der Waals surface area (Å²) in [6, 6.07) is 0. The molecule has 1 heterocycles. The van der Waals surface area contributed by atoms with Crippen molar-refractivity contribution < 1.29 is 9.47 Å². The average molecular weight is 199 g/mol. The highest BCUT2D eigenvalue weighted by Crippen LogP contribution is 2.38. The Morgan fingerprint density at radius 3 is 2.64 bits per heavy atom. The third kappa shape index (κ3) is 2.27. The summed E-state index contributed by atoms with van der Waals surface area (Å²) in [5.41, 5.74) is 0. The summed E-state index contributed by atoms with van der Waals surface area (Å²) in [5, 5.41) is 0. The molecule has 0 amide bonds. The van der Waals surface area contributed by atoms with Crippen LogP contribution in [0.1, 0.15) is 25.7 Å². The van der Waals surface area contributed by atoms with Crippen molar-refractivity contribution in [3.8, 4) is 0 Å². The van der Waals surface area contributed by atoms with Gasteiger partial charge in [0.25, 0.3) is 0 Å². The normalized spacial score (nSPS) is 31.5. The Balaban J connectivity index is 1.90. The van der Waals surface area contributed by atoms with E-state index < -0.39 is 0 Å². The summed E-state index contributed by atoms with van der Waals surface area (Å²) >= 11 is 0. The molecular formula is C11H21NO2. The lowest BCUT2D eigenvalue weighted by atomic mass is 9.84. The Kier molecular flexibility index (Phi) is 3.10. The van der Waals surface area contributed by atoms with E-state index in [1.54, 1.807) is 0 Å². The van der Waals surface area contributed by atoms with E-state index in [4.69, 9.17) is 9.47 Å². The van der Waals surface area contributed by atoms with Crippen LogP contribution in [-0.2, 0) is 9.47 Å². The van der Waals surface area contributed by atoms with Crippen molar-refractivity contribution in [2.75, 3.05) is 33.9 Å². The predicted octanol–water partition coefficient (Wildman–Crippen LogP) is 1.48. The van der Waals surface area contributed by atoms with E-state index >= 15 is 0 Å². The van der Waals surface area contributed by atoms with Gasteiger partial charge in [0.1, 0.15) is 0 Å². The van der Waals surface area contributed by atoms with E-state index in [1.165, 1.54) is 12.8 Å². The summed E-state index contributed by atoms with van der Waals surface area (Å²) in [4.78, 5) is 2.26. The minimum atomic E-state index is -0.196. The molecule has 0 radical (unpaired) electrons. The summed E-state index contributed by atoms with van der Waals surface area (Å²) in [5.74, 6) is 0.552. The highest BCUT2D eigenvalue weighted by atomic mass is 16.7. The molecule has 3 heteroatoms. The number of hydrogen-bond donors (Lipinski definition) is 0. The predicted molar refractivity (Wildman–Crippen MR) is 55.1 cm³/mol. The lowest BCUT2D eigenvalue weighted by Gasteiger charge is -2.37. The van der Waals surface area contributed by atoms with Gasteiger partial charge in [0.2, 0.25) is 0 Å². The first-order valence-corrected chi connectivity index (χ1v) is 5.63. The van der Waals surface area contributed by atoms with Crippen molar-refractivity contribution in [2.45, 2.75) is 31.5 Å². The molecule has 0 N–H and O–H groups in total. The molecule has 3 nitrogen and oxygen atoms in total. The molecule has 1 aliphatic heterocycles. The number of rotatable bonds is 2. The van der Waals surface area contributed by atoms with Crippen molar-refractivity contribution in [3.05, 3.63) is 0 Å². The minimum absolute atomic E-state index is 0.196. The molecule has 2 fully saturated rings. The van der Waals surface area contributed by atoms with Crippen LogP contribution in [0.3, 0.4) is 0 Å². The smallest absolute Gasteiger partial charge is 0.168 e. The molecule has 0 aromatic heterocycles. The molecule has 1 aliphatic carbocycles. The van der Waals surface area contributed by atoms with E-state index in [1.807, 2.05) is 0 Å². The van der Waals surface area contributed by atoms with Crippen LogP contribution in [-0.4, -0.2) is 44.5 Å². The SMILES string of the molecule is CN(C)CC1CCCC2(C1)OCCO2. The molecule has 1 saturated heterocycles. The fourth-order valence-corrected chi connectivity index (χ4v) is 2.74. The van der Waals surface area contributed by atoms with Crippen LogP contribution in [0, 0.1) is 5.92 Å². The molecule has 2 aliphatic rings. The quantitative estimate of drug-likeness (QED) is 0.672. The van der Waals surface area contributed by atoms with Crippen LogP contribution in [0.15, 0.2) is 0 Å². The van der Waals surface area contributed by atoms with Gasteiger partial charge in [0.05, 0.1) is 13.2 Å². The Hall–Kier alpha value is -0.120. The summed E-state index contributed by atoms with van der Waals surface area (Å²) in [6.45, 7) is 2.73. The standard InChI is InChI=1S/C11H21NO2/c1-12(2)9-10-4-3-5-11(8-10)13-6-7-14-11/h10H,3-9H2,1-2H3. The van der Waals surface area contributed by atoms with Crippen LogP contribution < -0.4 is 0 Å². The van der Waals surface area contributed by atoms with Crippen molar-refractivity contribution in [1.82, 2.24) is 4.90 Å². The van der Waals surface area contributed by atoms with Crippen molar-refractivity contribution in [3.63, 3.8) is 0 Å². The Morgan fingerprint density at radius 1 is 1.29 bits per heavy atom. The topological polar surface area (TPSA) is 21.7 Å². The summed E-state index contributed by atoms with van der Waals surface area (Å²) < 4.78 is 11.5. The number of ether oxygens (including phenoxy) is 2. The summed E-state index contributed by atoms with van der Waals surface area (Å²) in [6.07, 6.45) is 4.76. The molecule has 1 spiro atoms. The first-order chi connectivity index (χ1) is 6.70. The average Bonchev–Trinajstić information content (AvgIpc) is 2.52. The second kappa shape index (κ2) is 4.17. The molecule has 2 rings (SSSR count). The monoisotopic (exact) mass is 199 g/mol. The van der Waals surface area contributed by atoms with Crippen molar-refractivity contribution in [2.24, 2.45) is 5.92 Å². The molecule has 82 valence electrons. The molecule has 1 atom stereocenters. The van der Waals surface area contributed by atoms with Gasteiger partial charge in [-0.15, -0.1) is 0 Å². The van der Waals surface area contributed by atoms with E-state index in [9.17, 15) is 0 Å². The zero-order valence-corrected chi connectivity index (χ0v) is 9.29. The van der Waals surface area contributed by atoms with Crippen LogP contribution in [0.5, 0.6) is 0 Å². The third-order valence-electron chi connectivity index (χ3n) is 3.21. The first kappa shape index (κ1) is 10.4. The Bertz CT molecular complexity index is 188. The fraction of sp³-hybridized carbons (Fsp3) is 1.00. The highest BCUT2D eigenvalue weighted by Gasteiger charge is 2.41. The largest absolute Gasteiger partial charge is 0.348 e. The molecular weight excluding hydrogens is 178 g/mol. The lowest BCUT2D eigenvalue weighted by Crippen LogP contribution is -2.39. The minimum Gasteiger partial charge on any atom is -0.348 e. The molecule has 14 heavy (non-hydrogen) atoms. The van der Waals surface area contributed by atoms with Gasteiger partial charge in [-0.05, 0) is 32.9 Å². The Morgan fingerprint density at radius 2 is 2.00 bits per heavy atom. The molecule has 0 bridgehead atoms. The number of hydrogen-bond acceptors (Lipinski definition) is 3. The summed E-state index contributed by atoms with van der Waals surface area (Å²) in [7, 11) is 4.27. The zero-order valence-electron chi connectivity index (χ0n) is 9.29. The van der Waals surface area contributed by atoms with Crippen LogP contribution in [0.2, 0.25) is 0 Å². The van der Waals surface area contributed by atoms with Gasteiger partial charge in [0.15, 0.2) is 5.79 Å². The maximum absolute atomic E-state index is 5.75. The molecule has 1 unspecified atom stereocenters. The first-order valence-electron chi connectivity index (χ1n) is 5.63. The molecule has 1 saturated carbocycles. The second-order valence-electron chi connectivity index (χ2n) is 4.83.